The molecule has 1 aromatic rings. The van der Waals surface area contributed by atoms with Gasteiger partial charge in [0.05, 0.1) is 0 Å². The first-order valence-corrected chi connectivity index (χ1v) is 7.75. The molecule has 0 saturated heterocycles. The maximum absolute atomic E-state index is 11.6. The Bertz CT molecular complexity index is 531. The van der Waals surface area contributed by atoms with Crippen LogP contribution in [0.2, 0.25) is 0 Å². The Morgan fingerprint density at radius 2 is 2.00 bits per heavy atom. The highest BCUT2D eigenvalue weighted by Crippen LogP contribution is 2.24. The molecule has 0 aromatic heterocycles. The number of phenolic OH excluding ortho intramolecular Hbond substituents is 1. The van der Waals surface area contributed by atoms with Crippen LogP contribution in [0, 0.1) is 6.92 Å². The number of hydrogen-bond acceptors (Lipinski definition) is 4. The zero-order valence-corrected chi connectivity index (χ0v) is 13.8. The van der Waals surface area contributed by atoms with Crippen molar-refractivity contribution in [2.75, 3.05) is 0 Å². The first-order valence-electron chi connectivity index (χ1n) is 7.75. The van der Waals surface area contributed by atoms with Gasteiger partial charge in [-0.1, -0.05) is 18.2 Å². The Morgan fingerprint density at radius 3 is 2.64 bits per heavy atom. The topological polar surface area (TPSA) is 70.6 Å². The summed E-state index contributed by atoms with van der Waals surface area (Å²) in [5, 5.41) is 16.2. The Kier molecular flexibility index (Phi) is 4.96. The van der Waals surface area contributed by atoms with Crippen LogP contribution in [0.3, 0.4) is 0 Å². The Hall–Kier alpha value is -1.75. The van der Waals surface area contributed by atoms with E-state index in [1.807, 2.05) is 45.9 Å². The molecule has 1 amide bonds. The van der Waals surface area contributed by atoms with Gasteiger partial charge in [-0.3, -0.25) is 0 Å². The second-order valence-corrected chi connectivity index (χ2v) is 6.98. The van der Waals surface area contributed by atoms with Crippen LogP contribution in [0.25, 0.3) is 0 Å². The van der Waals surface area contributed by atoms with Gasteiger partial charge in [0.15, 0.2) is 0 Å². The molecule has 0 spiro atoms. The number of phenols is 1. The van der Waals surface area contributed by atoms with Crippen molar-refractivity contribution in [3.63, 3.8) is 0 Å². The standard InChI is InChI=1S/C17H26N2O3/c1-11-6-5-7-12(15(11)20)10-18-13-8-14(9-13)19-16(21)22-17(2,3)4/h5-7,13-14,18,20H,8-10H2,1-4H3,(H,19,21). The van der Waals surface area contributed by atoms with Crippen molar-refractivity contribution in [1.82, 2.24) is 10.6 Å². The number of aromatic hydroxyl groups is 1. The van der Waals surface area contributed by atoms with Crippen LogP contribution in [0.15, 0.2) is 18.2 Å². The summed E-state index contributed by atoms with van der Waals surface area (Å²) in [6, 6.07) is 6.28. The molecule has 0 bridgehead atoms. The lowest BCUT2D eigenvalue weighted by molar-refractivity contribution is 0.0465. The molecule has 1 aromatic carbocycles. The van der Waals surface area contributed by atoms with Gasteiger partial charge in [0.25, 0.3) is 0 Å². The lowest BCUT2D eigenvalue weighted by atomic mass is 9.86. The average Bonchev–Trinajstić information content (AvgIpc) is 2.34. The molecule has 1 aliphatic carbocycles. The number of alkyl carbamates (subject to hydrolysis) is 1. The lowest BCUT2D eigenvalue weighted by Gasteiger charge is -2.36. The fraction of sp³-hybridized carbons (Fsp3) is 0.588. The van der Waals surface area contributed by atoms with E-state index < -0.39 is 5.60 Å². The third kappa shape index (κ3) is 4.63. The van der Waals surface area contributed by atoms with Crippen LogP contribution in [0.1, 0.15) is 44.7 Å². The molecule has 0 heterocycles. The van der Waals surface area contributed by atoms with Gasteiger partial charge in [-0.05, 0) is 46.1 Å². The van der Waals surface area contributed by atoms with Gasteiger partial charge in [0.2, 0.25) is 0 Å². The summed E-state index contributed by atoms with van der Waals surface area (Å²) >= 11 is 0. The van der Waals surface area contributed by atoms with E-state index in [-0.39, 0.29) is 12.1 Å². The summed E-state index contributed by atoms with van der Waals surface area (Å²) in [7, 11) is 0. The molecule has 1 aliphatic rings. The predicted molar refractivity (Wildman–Crippen MR) is 85.9 cm³/mol. The molecule has 0 aliphatic heterocycles. The maximum Gasteiger partial charge on any atom is 0.407 e. The van der Waals surface area contributed by atoms with Gasteiger partial charge in [0, 0.05) is 24.2 Å². The largest absolute Gasteiger partial charge is 0.507 e. The molecule has 0 unspecified atom stereocenters. The van der Waals surface area contributed by atoms with Gasteiger partial charge in [-0.25, -0.2) is 4.79 Å². The molecule has 1 saturated carbocycles. The number of ether oxygens (including phenoxy) is 1. The third-order valence-corrected chi connectivity index (χ3v) is 3.76. The summed E-state index contributed by atoms with van der Waals surface area (Å²) in [5.74, 6) is 0.359. The second-order valence-electron chi connectivity index (χ2n) is 6.98. The average molecular weight is 306 g/mol. The van der Waals surface area contributed by atoms with E-state index in [0.717, 1.165) is 24.0 Å². The van der Waals surface area contributed by atoms with E-state index in [1.54, 1.807) is 0 Å². The van der Waals surface area contributed by atoms with E-state index in [4.69, 9.17) is 4.74 Å². The van der Waals surface area contributed by atoms with Gasteiger partial charge in [-0.15, -0.1) is 0 Å². The summed E-state index contributed by atoms with van der Waals surface area (Å²) < 4.78 is 5.23. The van der Waals surface area contributed by atoms with E-state index in [1.165, 1.54) is 0 Å². The summed E-state index contributed by atoms with van der Waals surface area (Å²) in [6.07, 6.45) is 1.41. The number of aryl methyl sites for hydroxylation is 1. The Morgan fingerprint density at radius 1 is 1.32 bits per heavy atom. The summed E-state index contributed by atoms with van der Waals surface area (Å²) in [4.78, 5) is 11.6. The van der Waals surface area contributed by atoms with Crippen LogP contribution >= 0.6 is 0 Å². The molecular formula is C17H26N2O3. The predicted octanol–water partition coefficient (Wildman–Crippen LogP) is 2.85. The smallest absolute Gasteiger partial charge is 0.407 e. The number of hydrogen-bond donors (Lipinski definition) is 3. The minimum Gasteiger partial charge on any atom is -0.507 e. The monoisotopic (exact) mass is 306 g/mol. The molecule has 0 atom stereocenters. The van der Waals surface area contributed by atoms with Gasteiger partial charge < -0.3 is 20.5 Å². The zero-order chi connectivity index (χ0) is 16.3. The fourth-order valence-corrected chi connectivity index (χ4v) is 2.49. The van der Waals surface area contributed by atoms with Crippen LogP contribution in [0.4, 0.5) is 4.79 Å². The Balaban J connectivity index is 1.69. The van der Waals surface area contributed by atoms with Gasteiger partial charge >= 0.3 is 6.09 Å². The van der Waals surface area contributed by atoms with E-state index in [9.17, 15) is 9.90 Å². The number of benzene rings is 1. The van der Waals surface area contributed by atoms with E-state index >= 15 is 0 Å². The molecule has 0 radical (unpaired) electrons. The highest BCUT2D eigenvalue weighted by molar-refractivity contribution is 5.68. The van der Waals surface area contributed by atoms with Crippen molar-refractivity contribution in [3.8, 4) is 5.75 Å². The number of carbonyl (C=O) groups excluding carboxylic acids is 1. The van der Waals surface area contributed by atoms with Crippen LogP contribution in [-0.2, 0) is 11.3 Å². The number of nitrogens with one attached hydrogen (secondary N) is 2. The normalized spacial score (nSPS) is 21.1. The first kappa shape index (κ1) is 16.6. The van der Waals surface area contributed by atoms with Crippen molar-refractivity contribution in [3.05, 3.63) is 29.3 Å². The SMILES string of the molecule is Cc1cccc(CNC2CC(NC(=O)OC(C)(C)C)C2)c1O. The van der Waals surface area contributed by atoms with Gasteiger partial charge in [0.1, 0.15) is 11.4 Å². The number of rotatable bonds is 4. The quantitative estimate of drug-likeness (QED) is 0.800. The van der Waals surface area contributed by atoms with Crippen molar-refractivity contribution in [2.45, 2.75) is 64.8 Å². The van der Waals surface area contributed by atoms with Crippen LogP contribution in [-0.4, -0.2) is 28.9 Å². The molecular weight excluding hydrogens is 280 g/mol. The minimum atomic E-state index is -0.464. The second kappa shape index (κ2) is 6.57. The minimum absolute atomic E-state index is 0.165. The molecule has 2 rings (SSSR count). The van der Waals surface area contributed by atoms with E-state index in [0.29, 0.717) is 18.3 Å². The summed E-state index contributed by atoms with van der Waals surface area (Å²) in [5.41, 5.74) is 1.33. The third-order valence-electron chi connectivity index (χ3n) is 3.76. The van der Waals surface area contributed by atoms with Gasteiger partial charge in [-0.2, -0.15) is 0 Å². The molecule has 1 fully saturated rings. The number of carbonyl (C=O) groups is 1. The zero-order valence-electron chi connectivity index (χ0n) is 13.8. The molecule has 122 valence electrons. The summed E-state index contributed by atoms with van der Waals surface area (Å²) in [6.45, 7) is 8.09. The molecule has 3 N–H and O–H groups in total. The molecule has 5 heteroatoms. The number of para-hydroxylation sites is 1. The highest BCUT2D eigenvalue weighted by Gasteiger charge is 2.31. The maximum atomic E-state index is 11.6. The van der Waals surface area contributed by atoms with Crippen molar-refractivity contribution < 1.29 is 14.6 Å². The van der Waals surface area contributed by atoms with Crippen molar-refractivity contribution in [1.29, 1.82) is 0 Å². The van der Waals surface area contributed by atoms with Crippen molar-refractivity contribution in [2.24, 2.45) is 0 Å². The van der Waals surface area contributed by atoms with Crippen LogP contribution < -0.4 is 10.6 Å². The lowest BCUT2D eigenvalue weighted by Crippen LogP contribution is -2.52. The van der Waals surface area contributed by atoms with E-state index in [2.05, 4.69) is 10.6 Å². The Labute approximate surface area is 132 Å². The highest BCUT2D eigenvalue weighted by atomic mass is 16.6. The van der Waals surface area contributed by atoms with Crippen LogP contribution in [0.5, 0.6) is 5.75 Å². The fourth-order valence-electron chi connectivity index (χ4n) is 2.49. The molecule has 22 heavy (non-hydrogen) atoms. The first-order chi connectivity index (χ1) is 10.2. The number of amides is 1. The van der Waals surface area contributed by atoms with Crippen molar-refractivity contribution >= 4 is 6.09 Å². The molecule has 5 nitrogen and oxygen atoms in total.